The Kier molecular flexibility index (Phi) is 7.58. The third-order valence-corrected chi connectivity index (χ3v) is 1.20. The number of nitrogens with one attached hydrogen (secondary N) is 1. The van der Waals surface area contributed by atoms with Crippen LogP contribution in [-0.4, -0.2) is 13.7 Å². The van der Waals surface area contributed by atoms with Crippen LogP contribution in [0.3, 0.4) is 0 Å². The lowest BCUT2D eigenvalue weighted by atomic mass is 10.2. The second-order valence-corrected chi connectivity index (χ2v) is 2.03. The van der Waals surface area contributed by atoms with E-state index in [4.69, 9.17) is 4.84 Å². The number of allylic oxidation sites excluding steroid dienone is 3. The van der Waals surface area contributed by atoms with Gasteiger partial charge in [0.15, 0.2) is 0 Å². The Morgan fingerprint density at radius 3 is 2.83 bits per heavy atom. The molecule has 0 amide bonds. The van der Waals surface area contributed by atoms with E-state index in [-0.39, 0.29) is 0 Å². The maximum atomic E-state index is 4.91. The zero-order valence-corrected chi connectivity index (χ0v) is 7.54. The fourth-order valence-electron chi connectivity index (χ4n) is 0.591. The van der Waals surface area contributed by atoms with Gasteiger partial charge in [-0.05, 0) is 12.5 Å². The van der Waals surface area contributed by atoms with Crippen molar-refractivity contribution in [3.8, 4) is 0 Å². The molecule has 12 heavy (non-hydrogen) atoms. The maximum Gasteiger partial charge on any atom is 0.0956 e. The van der Waals surface area contributed by atoms with Crippen LogP contribution in [0.4, 0.5) is 0 Å². The molecule has 0 rings (SSSR count). The highest BCUT2D eigenvalue weighted by Crippen LogP contribution is 1.96. The van der Waals surface area contributed by atoms with Crippen molar-refractivity contribution in [3.63, 3.8) is 0 Å². The van der Waals surface area contributed by atoms with Crippen molar-refractivity contribution in [1.82, 2.24) is 5.64 Å². The van der Waals surface area contributed by atoms with Gasteiger partial charge in [-0.2, -0.15) is 0 Å². The smallest absolute Gasteiger partial charge is 0.0956 e. The minimum Gasteiger partial charge on any atom is -0.280 e. The zero-order chi connectivity index (χ0) is 9.23. The molecule has 0 aromatic carbocycles. The largest absolute Gasteiger partial charge is 0.280 e. The van der Waals surface area contributed by atoms with Gasteiger partial charge in [-0.25, -0.2) is 0 Å². The lowest BCUT2D eigenvalue weighted by Gasteiger charge is -2.02. The summed E-state index contributed by atoms with van der Waals surface area (Å²) in [7, 11) is 1.49. The second-order valence-electron chi connectivity index (χ2n) is 2.03. The fourth-order valence-corrected chi connectivity index (χ4v) is 0.591. The zero-order valence-electron chi connectivity index (χ0n) is 7.54. The van der Waals surface area contributed by atoms with E-state index in [0.717, 1.165) is 5.57 Å². The summed E-state index contributed by atoms with van der Waals surface area (Å²) >= 11 is 0. The van der Waals surface area contributed by atoms with E-state index in [0.29, 0.717) is 6.61 Å². The molecule has 0 radical (unpaired) electrons. The van der Waals surface area contributed by atoms with Gasteiger partial charge in [0.2, 0.25) is 0 Å². The van der Waals surface area contributed by atoms with E-state index in [1.54, 1.807) is 6.08 Å². The summed E-state index contributed by atoms with van der Waals surface area (Å²) in [5.74, 6) is 0. The van der Waals surface area contributed by atoms with Gasteiger partial charge in [0.1, 0.15) is 0 Å². The third-order valence-electron chi connectivity index (χ3n) is 1.20. The van der Waals surface area contributed by atoms with Crippen molar-refractivity contribution >= 4 is 0 Å². The van der Waals surface area contributed by atoms with Crippen LogP contribution in [0, 0.1) is 0 Å². The fraction of sp³-hybridized carbons (Fsp3) is 0.333. The summed E-state index contributed by atoms with van der Waals surface area (Å²) in [6.07, 6.45) is 7.44. The quantitative estimate of drug-likeness (QED) is 0.373. The van der Waals surface area contributed by atoms with E-state index in [1.165, 1.54) is 7.11 Å². The number of hydrogen-bond acceptors (Lipinski definition) is 3. The highest BCUT2D eigenvalue weighted by Gasteiger charge is 1.89. The average molecular weight is 169 g/mol. The summed E-state index contributed by atoms with van der Waals surface area (Å²) in [6, 6.07) is 0. The van der Waals surface area contributed by atoms with Gasteiger partial charge >= 0.3 is 0 Å². The van der Waals surface area contributed by atoms with Crippen LogP contribution in [0.25, 0.3) is 0 Å². The minimum atomic E-state index is 0.467. The van der Waals surface area contributed by atoms with E-state index in [1.807, 2.05) is 25.2 Å². The van der Waals surface area contributed by atoms with Crippen LogP contribution < -0.4 is 5.64 Å². The topological polar surface area (TPSA) is 30.5 Å². The van der Waals surface area contributed by atoms with Crippen LogP contribution in [0.1, 0.15) is 6.92 Å². The average Bonchev–Trinajstić information content (AvgIpc) is 2.11. The van der Waals surface area contributed by atoms with Gasteiger partial charge in [-0.1, -0.05) is 36.5 Å². The van der Waals surface area contributed by atoms with Crippen molar-refractivity contribution in [2.75, 3.05) is 13.7 Å². The molecular formula is C9H15NO2. The molecule has 0 aromatic heterocycles. The molecule has 1 N–H and O–H groups in total. The Balaban J connectivity index is 3.69. The van der Waals surface area contributed by atoms with E-state index >= 15 is 0 Å². The molecule has 0 aromatic rings. The molecule has 0 aliphatic carbocycles. The van der Waals surface area contributed by atoms with Gasteiger partial charge in [-0.3, -0.25) is 9.68 Å². The molecule has 68 valence electrons. The summed E-state index contributed by atoms with van der Waals surface area (Å²) in [4.78, 5) is 9.40. The predicted molar refractivity (Wildman–Crippen MR) is 49.2 cm³/mol. The Morgan fingerprint density at radius 2 is 2.33 bits per heavy atom. The van der Waals surface area contributed by atoms with Gasteiger partial charge < -0.3 is 0 Å². The number of rotatable bonds is 6. The molecule has 3 heteroatoms. The molecule has 0 spiro atoms. The van der Waals surface area contributed by atoms with Crippen LogP contribution in [0.5, 0.6) is 0 Å². The first-order valence-corrected chi connectivity index (χ1v) is 3.69. The predicted octanol–water partition coefficient (Wildman–Crippen LogP) is 1.76. The first-order chi connectivity index (χ1) is 5.85. The Bertz CT molecular complexity index is 173. The lowest BCUT2D eigenvalue weighted by Crippen LogP contribution is -2.13. The standard InChI is InChI=1S/C9H15NO2/c1-4-6-7-9(5-2)8-12-10-11-3/h4-7,10H,1,8H2,2-3H3/b7-6-,9-5+. The van der Waals surface area contributed by atoms with Crippen molar-refractivity contribution < 1.29 is 9.68 Å². The summed E-state index contributed by atoms with van der Waals surface area (Å²) in [6.45, 7) is 5.98. The van der Waals surface area contributed by atoms with Crippen LogP contribution in [0.15, 0.2) is 36.5 Å². The van der Waals surface area contributed by atoms with Gasteiger partial charge in [0, 0.05) is 0 Å². The first-order valence-electron chi connectivity index (χ1n) is 3.69. The Hall–Kier alpha value is -0.900. The first kappa shape index (κ1) is 11.1. The van der Waals surface area contributed by atoms with Crippen molar-refractivity contribution in [3.05, 3.63) is 36.5 Å². The Labute approximate surface area is 73.3 Å². The monoisotopic (exact) mass is 169 g/mol. The SMILES string of the molecule is C=C/C=C\C(=C/C)CONOC. The van der Waals surface area contributed by atoms with E-state index in [9.17, 15) is 0 Å². The molecule has 0 fully saturated rings. The van der Waals surface area contributed by atoms with Crippen LogP contribution in [-0.2, 0) is 9.68 Å². The molecule has 3 nitrogen and oxygen atoms in total. The van der Waals surface area contributed by atoms with Gasteiger partial charge in [0.25, 0.3) is 0 Å². The highest BCUT2D eigenvalue weighted by molar-refractivity contribution is 5.21. The summed E-state index contributed by atoms with van der Waals surface area (Å²) < 4.78 is 0. The van der Waals surface area contributed by atoms with E-state index < -0.39 is 0 Å². The summed E-state index contributed by atoms with van der Waals surface area (Å²) in [5.41, 5.74) is 3.34. The van der Waals surface area contributed by atoms with Gasteiger partial charge in [-0.15, -0.1) is 0 Å². The third kappa shape index (κ3) is 5.85. The molecule has 0 bridgehead atoms. The van der Waals surface area contributed by atoms with E-state index in [2.05, 4.69) is 17.1 Å². The molecule has 0 atom stereocenters. The highest BCUT2D eigenvalue weighted by atomic mass is 16.9. The maximum absolute atomic E-state index is 4.91. The van der Waals surface area contributed by atoms with Crippen LogP contribution in [0.2, 0.25) is 0 Å². The minimum absolute atomic E-state index is 0.467. The Morgan fingerprint density at radius 1 is 1.58 bits per heavy atom. The molecular weight excluding hydrogens is 154 g/mol. The van der Waals surface area contributed by atoms with Crippen molar-refractivity contribution in [2.24, 2.45) is 0 Å². The van der Waals surface area contributed by atoms with Crippen LogP contribution >= 0.6 is 0 Å². The van der Waals surface area contributed by atoms with Crippen molar-refractivity contribution in [1.29, 1.82) is 0 Å². The van der Waals surface area contributed by atoms with Gasteiger partial charge in [0.05, 0.1) is 13.7 Å². The van der Waals surface area contributed by atoms with Crippen molar-refractivity contribution in [2.45, 2.75) is 6.92 Å². The lowest BCUT2D eigenvalue weighted by molar-refractivity contribution is -0.144. The molecule has 0 unspecified atom stereocenters. The normalized spacial score (nSPS) is 12.3. The summed E-state index contributed by atoms with van der Waals surface area (Å²) in [5, 5.41) is 0. The molecule has 0 aliphatic rings. The molecule has 0 saturated heterocycles. The molecule has 0 aliphatic heterocycles. The molecule has 0 saturated carbocycles. The second kappa shape index (κ2) is 8.20. The molecule has 0 heterocycles. The number of hydrogen-bond donors (Lipinski definition) is 1.